The Morgan fingerprint density at radius 2 is 2.13 bits per heavy atom. The van der Waals surface area contributed by atoms with Gasteiger partial charge in [0, 0.05) is 0 Å². The van der Waals surface area contributed by atoms with E-state index in [9.17, 15) is 9.59 Å². The van der Waals surface area contributed by atoms with Gasteiger partial charge in [-0.3, -0.25) is 4.79 Å². The Kier molecular flexibility index (Phi) is 2.42. The van der Waals surface area contributed by atoms with Crippen molar-refractivity contribution >= 4 is 44.9 Å². The number of pyridine rings is 1. The molecule has 2 rings (SSSR count). The molecule has 0 unspecified atom stereocenters. The highest BCUT2D eigenvalue weighted by atomic mass is 35.5. The molecule has 0 radical (unpaired) electrons. The fourth-order valence-corrected chi connectivity index (χ4v) is 2.20. The Morgan fingerprint density at radius 3 is 2.80 bits per heavy atom. The normalized spacial score (nSPS) is 10.5. The predicted molar refractivity (Wildman–Crippen MR) is 56.6 cm³/mol. The molecule has 0 amide bonds. The maximum atomic E-state index is 11.1. The molecule has 0 aromatic carbocycles. The van der Waals surface area contributed by atoms with E-state index in [4.69, 9.17) is 16.7 Å². The molecule has 76 valence electrons. The fraction of sp³-hybridized carbons (Fsp3) is 0. The van der Waals surface area contributed by atoms with Crippen LogP contribution in [0, 0.1) is 0 Å². The molecule has 0 atom stereocenters. The molecule has 2 heterocycles. The molecule has 0 aliphatic rings. The van der Waals surface area contributed by atoms with Crippen molar-refractivity contribution in [1.29, 1.82) is 0 Å². The van der Waals surface area contributed by atoms with E-state index in [0.717, 1.165) is 16.0 Å². The Labute approximate surface area is 93.1 Å². The number of carboxylic acids is 1. The minimum Gasteiger partial charge on any atom is -0.475 e. The summed E-state index contributed by atoms with van der Waals surface area (Å²) in [5, 5.41) is 8.84. The van der Waals surface area contributed by atoms with Gasteiger partial charge in [-0.1, -0.05) is 11.6 Å². The highest BCUT2D eigenvalue weighted by Gasteiger charge is 2.17. The summed E-state index contributed by atoms with van der Waals surface area (Å²) in [4.78, 5) is 25.7. The lowest BCUT2D eigenvalue weighted by molar-refractivity contribution is -0.131. The van der Waals surface area contributed by atoms with Crippen molar-refractivity contribution in [3.05, 3.63) is 28.2 Å². The van der Waals surface area contributed by atoms with Crippen LogP contribution in [0.15, 0.2) is 18.2 Å². The van der Waals surface area contributed by atoms with E-state index in [1.54, 1.807) is 12.1 Å². The number of ketones is 1. The highest BCUT2D eigenvalue weighted by Crippen LogP contribution is 2.25. The van der Waals surface area contributed by atoms with E-state index in [-0.39, 0.29) is 4.88 Å². The number of aromatic nitrogens is 1. The molecular formula is C9H4ClNO3S. The third kappa shape index (κ3) is 1.84. The number of halogens is 1. The molecule has 0 spiro atoms. The van der Waals surface area contributed by atoms with Gasteiger partial charge in [0.05, 0.1) is 15.1 Å². The lowest BCUT2D eigenvalue weighted by Crippen LogP contribution is -2.10. The number of nitrogens with zero attached hydrogens (tertiary/aromatic N) is 1. The minimum atomic E-state index is -1.47. The van der Waals surface area contributed by atoms with E-state index in [0.29, 0.717) is 10.7 Å². The molecule has 2 aromatic rings. The van der Waals surface area contributed by atoms with E-state index >= 15 is 0 Å². The van der Waals surface area contributed by atoms with Gasteiger partial charge in [0.25, 0.3) is 5.78 Å². The standard InChI is InChI=1S/C9H4ClNO3S/c10-7-2-1-5-4(11-7)3-6(15-5)8(12)9(13)14/h1-3H,(H,13,14). The van der Waals surface area contributed by atoms with Crippen molar-refractivity contribution < 1.29 is 14.7 Å². The number of Topliss-reactive ketones (excluding diaryl/α,β-unsaturated/α-hetero) is 1. The molecule has 0 saturated carbocycles. The second kappa shape index (κ2) is 3.60. The van der Waals surface area contributed by atoms with Gasteiger partial charge < -0.3 is 5.11 Å². The van der Waals surface area contributed by atoms with Crippen LogP contribution in [-0.4, -0.2) is 21.8 Å². The molecule has 0 fully saturated rings. The molecule has 2 aromatic heterocycles. The second-order valence-corrected chi connectivity index (χ2v) is 4.23. The summed E-state index contributed by atoms with van der Waals surface area (Å²) in [6, 6.07) is 4.73. The van der Waals surface area contributed by atoms with Crippen LogP contribution in [0.25, 0.3) is 10.2 Å². The topological polar surface area (TPSA) is 67.3 Å². The van der Waals surface area contributed by atoms with Crippen molar-refractivity contribution in [1.82, 2.24) is 4.98 Å². The third-order valence-electron chi connectivity index (χ3n) is 1.76. The average Bonchev–Trinajstić information content (AvgIpc) is 2.58. The van der Waals surface area contributed by atoms with Gasteiger partial charge >= 0.3 is 5.97 Å². The molecule has 0 bridgehead atoms. The zero-order valence-electron chi connectivity index (χ0n) is 7.23. The van der Waals surface area contributed by atoms with Crippen LogP contribution in [0.3, 0.4) is 0 Å². The quantitative estimate of drug-likeness (QED) is 0.497. The molecule has 6 heteroatoms. The van der Waals surface area contributed by atoms with E-state index < -0.39 is 11.8 Å². The van der Waals surface area contributed by atoms with Crippen molar-refractivity contribution in [2.75, 3.05) is 0 Å². The summed E-state index contributed by atoms with van der Waals surface area (Å²) in [6.07, 6.45) is 0. The smallest absolute Gasteiger partial charge is 0.378 e. The highest BCUT2D eigenvalue weighted by molar-refractivity contribution is 7.21. The lowest BCUT2D eigenvalue weighted by atomic mass is 10.3. The van der Waals surface area contributed by atoms with Gasteiger partial charge in [0.2, 0.25) is 0 Å². The monoisotopic (exact) mass is 241 g/mol. The lowest BCUT2D eigenvalue weighted by Gasteiger charge is -1.87. The number of aliphatic carboxylic acids is 1. The number of fused-ring (bicyclic) bond motifs is 1. The molecule has 0 aliphatic carbocycles. The molecular weight excluding hydrogens is 238 g/mol. The van der Waals surface area contributed by atoms with Crippen molar-refractivity contribution in [2.45, 2.75) is 0 Å². The summed E-state index contributed by atoms with van der Waals surface area (Å²) in [6.45, 7) is 0. The Morgan fingerprint density at radius 1 is 1.40 bits per heavy atom. The number of hydrogen-bond acceptors (Lipinski definition) is 4. The maximum Gasteiger partial charge on any atom is 0.378 e. The SMILES string of the molecule is O=C(O)C(=O)c1cc2nc(Cl)ccc2s1. The van der Waals surface area contributed by atoms with Crippen molar-refractivity contribution in [3.8, 4) is 0 Å². The minimum absolute atomic E-state index is 0.160. The first-order valence-electron chi connectivity index (χ1n) is 3.91. The number of carbonyl (C=O) groups excluding carboxylic acids is 1. The predicted octanol–water partition coefficient (Wildman–Crippen LogP) is 2.22. The van der Waals surface area contributed by atoms with Gasteiger partial charge in [-0.25, -0.2) is 9.78 Å². The molecule has 1 N–H and O–H groups in total. The van der Waals surface area contributed by atoms with Gasteiger partial charge in [0.1, 0.15) is 5.15 Å². The maximum absolute atomic E-state index is 11.1. The fourth-order valence-electron chi connectivity index (χ4n) is 1.12. The number of hydrogen-bond donors (Lipinski definition) is 1. The van der Waals surface area contributed by atoms with Gasteiger partial charge in [0.15, 0.2) is 0 Å². The Bertz CT molecular complexity index is 563. The summed E-state index contributed by atoms with van der Waals surface area (Å²) >= 11 is 6.75. The first-order chi connectivity index (χ1) is 7.08. The van der Waals surface area contributed by atoms with Gasteiger partial charge in [-0.2, -0.15) is 0 Å². The van der Waals surface area contributed by atoms with Crippen molar-refractivity contribution in [3.63, 3.8) is 0 Å². The summed E-state index contributed by atoms with van der Waals surface area (Å²) < 4.78 is 0.740. The van der Waals surface area contributed by atoms with Gasteiger partial charge in [-0.05, 0) is 18.2 Å². The third-order valence-corrected chi connectivity index (χ3v) is 3.06. The zero-order chi connectivity index (χ0) is 11.0. The van der Waals surface area contributed by atoms with Crippen LogP contribution in [0.1, 0.15) is 9.67 Å². The molecule has 0 saturated heterocycles. The molecule has 0 aliphatic heterocycles. The van der Waals surface area contributed by atoms with Crippen LogP contribution in [0.4, 0.5) is 0 Å². The molecule has 15 heavy (non-hydrogen) atoms. The summed E-state index contributed by atoms with van der Waals surface area (Å²) in [7, 11) is 0. The van der Waals surface area contributed by atoms with Crippen LogP contribution in [-0.2, 0) is 4.79 Å². The number of carbonyl (C=O) groups is 2. The van der Waals surface area contributed by atoms with Gasteiger partial charge in [-0.15, -0.1) is 11.3 Å². The Hall–Kier alpha value is -1.46. The second-order valence-electron chi connectivity index (χ2n) is 2.76. The first kappa shape index (κ1) is 10.1. The van der Waals surface area contributed by atoms with E-state index in [1.165, 1.54) is 6.07 Å². The summed E-state index contributed by atoms with van der Waals surface area (Å²) in [5.74, 6) is -2.39. The zero-order valence-corrected chi connectivity index (χ0v) is 8.80. The first-order valence-corrected chi connectivity index (χ1v) is 5.11. The molecule has 4 nitrogen and oxygen atoms in total. The van der Waals surface area contributed by atoms with Crippen LogP contribution in [0.2, 0.25) is 5.15 Å². The van der Waals surface area contributed by atoms with Crippen LogP contribution in [0.5, 0.6) is 0 Å². The number of rotatable bonds is 2. The summed E-state index contributed by atoms with van der Waals surface area (Å²) in [5.41, 5.74) is 0.539. The number of carboxylic acid groups (broad SMARTS) is 1. The average molecular weight is 242 g/mol. The van der Waals surface area contributed by atoms with E-state index in [1.807, 2.05) is 0 Å². The Balaban J connectivity index is 2.56. The van der Waals surface area contributed by atoms with Crippen LogP contribution < -0.4 is 0 Å². The largest absolute Gasteiger partial charge is 0.475 e. The number of thiophene rings is 1. The van der Waals surface area contributed by atoms with Crippen LogP contribution >= 0.6 is 22.9 Å². The van der Waals surface area contributed by atoms with E-state index in [2.05, 4.69) is 4.98 Å². The van der Waals surface area contributed by atoms with Crippen molar-refractivity contribution in [2.24, 2.45) is 0 Å².